The highest BCUT2D eigenvalue weighted by molar-refractivity contribution is 6.10. The molecule has 0 aliphatic rings. The Morgan fingerprint density at radius 1 is 1.00 bits per heavy atom. The lowest BCUT2D eigenvalue weighted by Gasteiger charge is -2.04. The van der Waals surface area contributed by atoms with Crippen LogP contribution in [-0.4, -0.2) is 10.8 Å². The van der Waals surface area contributed by atoms with Crippen LogP contribution >= 0.6 is 0 Å². The number of benzene rings is 2. The molecule has 0 amide bonds. The maximum Gasteiger partial charge on any atom is 0.193 e. The van der Waals surface area contributed by atoms with Crippen molar-refractivity contribution >= 4 is 16.7 Å². The fraction of sp³-hybridized carbons (Fsp3) is 0.0588. The van der Waals surface area contributed by atoms with Gasteiger partial charge in [0.2, 0.25) is 0 Å². The molecule has 3 rings (SSSR count). The number of hydrogen-bond acceptors (Lipinski definition) is 3. The van der Waals surface area contributed by atoms with Crippen LogP contribution in [0.4, 0.5) is 0 Å². The Bertz CT molecular complexity index is 763. The fourth-order valence-electron chi connectivity index (χ4n) is 2.18. The molecule has 0 spiro atoms. The molecule has 0 fully saturated rings. The minimum atomic E-state index is 0.0133. The van der Waals surface area contributed by atoms with Crippen LogP contribution in [0.1, 0.15) is 21.5 Å². The van der Waals surface area contributed by atoms with Crippen LogP contribution in [0.25, 0.3) is 10.9 Å². The largest absolute Gasteiger partial charge is 0.326 e. The average molecular weight is 262 g/mol. The number of rotatable bonds is 3. The number of aromatic nitrogens is 1. The minimum Gasteiger partial charge on any atom is -0.326 e. The summed E-state index contributed by atoms with van der Waals surface area (Å²) in [5, 5.41) is 0.969. The summed E-state index contributed by atoms with van der Waals surface area (Å²) in [6, 6.07) is 16.8. The van der Waals surface area contributed by atoms with Crippen LogP contribution in [-0.2, 0) is 6.54 Å². The van der Waals surface area contributed by atoms with Crippen molar-refractivity contribution in [2.45, 2.75) is 6.54 Å². The molecular weight excluding hydrogens is 248 g/mol. The first-order valence-corrected chi connectivity index (χ1v) is 6.46. The van der Waals surface area contributed by atoms with E-state index in [-0.39, 0.29) is 5.78 Å². The van der Waals surface area contributed by atoms with Gasteiger partial charge in [-0.3, -0.25) is 9.78 Å². The fourth-order valence-corrected chi connectivity index (χ4v) is 2.18. The quantitative estimate of drug-likeness (QED) is 0.738. The lowest BCUT2D eigenvalue weighted by atomic mass is 10.0. The third-order valence-electron chi connectivity index (χ3n) is 3.32. The average Bonchev–Trinajstić information content (AvgIpc) is 2.54. The maximum absolute atomic E-state index is 12.4. The van der Waals surface area contributed by atoms with Gasteiger partial charge >= 0.3 is 0 Å². The van der Waals surface area contributed by atoms with Gasteiger partial charge in [0, 0.05) is 29.3 Å². The minimum absolute atomic E-state index is 0.0133. The molecule has 0 saturated heterocycles. The number of ketones is 1. The van der Waals surface area contributed by atoms with E-state index in [2.05, 4.69) is 4.98 Å². The second-order valence-corrected chi connectivity index (χ2v) is 4.64. The molecule has 0 saturated carbocycles. The third-order valence-corrected chi connectivity index (χ3v) is 3.32. The Kier molecular flexibility index (Phi) is 3.27. The van der Waals surface area contributed by atoms with Gasteiger partial charge < -0.3 is 5.73 Å². The zero-order valence-electron chi connectivity index (χ0n) is 10.9. The summed E-state index contributed by atoms with van der Waals surface area (Å²) >= 11 is 0. The molecule has 3 nitrogen and oxygen atoms in total. The first kappa shape index (κ1) is 12.5. The second kappa shape index (κ2) is 5.23. The predicted octanol–water partition coefficient (Wildman–Crippen LogP) is 2.92. The molecule has 1 aromatic heterocycles. The Morgan fingerprint density at radius 2 is 1.75 bits per heavy atom. The highest BCUT2D eigenvalue weighted by atomic mass is 16.1. The zero-order valence-corrected chi connectivity index (χ0v) is 10.9. The molecule has 0 atom stereocenters. The number of nitrogens with zero attached hydrogens (tertiary/aromatic N) is 1. The molecule has 0 unspecified atom stereocenters. The van der Waals surface area contributed by atoms with Crippen molar-refractivity contribution in [3.63, 3.8) is 0 Å². The second-order valence-electron chi connectivity index (χ2n) is 4.64. The molecule has 3 aromatic rings. The summed E-state index contributed by atoms with van der Waals surface area (Å²) < 4.78 is 0. The third kappa shape index (κ3) is 2.31. The van der Waals surface area contributed by atoms with E-state index < -0.39 is 0 Å². The highest BCUT2D eigenvalue weighted by Crippen LogP contribution is 2.17. The Labute approximate surface area is 117 Å². The van der Waals surface area contributed by atoms with Gasteiger partial charge in [0.1, 0.15) is 0 Å². The van der Waals surface area contributed by atoms with Crippen LogP contribution in [0.5, 0.6) is 0 Å². The number of nitrogens with two attached hydrogens (primary N) is 1. The summed E-state index contributed by atoms with van der Waals surface area (Å²) in [6.07, 6.45) is 1.75. The van der Waals surface area contributed by atoms with E-state index >= 15 is 0 Å². The number of carbonyl (C=O) groups is 1. The molecule has 0 radical (unpaired) electrons. The van der Waals surface area contributed by atoms with Gasteiger partial charge in [-0.15, -0.1) is 0 Å². The SMILES string of the molecule is NCc1ccc(C(=O)c2ccc3ncccc3c2)cc1. The number of hydrogen-bond donors (Lipinski definition) is 1. The van der Waals surface area contributed by atoms with Crippen molar-refractivity contribution in [3.05, 3.63) is 77.5 Å². The molecule has 98 valence electrons. The molecule has 2 N–H and O–H groups in total. The monoisotopic (exact) mass is 262 g/mol. The van der Waals surface area contributed by atoms with Gasteiger partial charge in [-0.25, -0.2) is 0 Å². The topological polar surface area (TPSA) is 56.0 Å². The first-order valence-electron chi connectivity index (χ1n) is 6.46. The normalized spacial score (nSPS) is 10.7. The van der Waals surface area contributed by atoms with Crippen LogP contribution in [0.3, 0.4) is 0 Å². The number of pyridine rings is 1. The molecule has 0 bridgehead atoms. The number of fused-ring (bicyclic) bond motifs is 1. The van der Waals surface area contributed by atoms with Crippen LogP contribution in [0.2, 0.25) is 0 Å². The van der Waals surface area contributed by atoms with Crippen LogP contribution in [0.15, 0.2) is 60.8 Å². The van der Waals surface area contributed by atoms with Gasteiger partial charge in [-0.2, -0.15) is 0 Å². The Balaban J connectivity index is 1.98. The molecule has 1 heterocycles. The molecule has 0 aliphatic heterocycles. The lowest BCUT2D eigenvalue weighted by molar-refractivity contribution is 0.103. The van der Waals surface area contributed by atoms with E-state index in [1.54, 1.807) is 6.20 Å². The first-order chi connectivity index (χ1) is 9.78. The van der Waals surface area contributed by atoms with E-state index in [1.165, 1.54) is 0 Å². The summed E-state index contributed by atoms with van der Waals surface area (Å²) in [7, 11) is 0. The Hall–Kier alpha value is -2.52. The summed E-state index contributed by atoms with van der Waals surface area (Å²) in [5.41, 5.74) is 8.81. The zero-order chi connectivity index (χ0) is 13.9. The summed E-state index contributed by atoms with van der Waals surface area (Å²) in [5.74, 6) is 0.0133. The summed E-state index contributed by atoms with van der Waals surface area (Å²) in [6.45, 7) is 0.482. The summed E-state index contributed by atoms with van der Waals surface area (Å²) in [4.78, 5) is 16.7. The van der Waals surface area contributed by atoms with E-state index in [0.29, 0.717) is 17.7 Å². The van der Waals surface area contributed by atoms with Crippen molar-refractivity contribution < 1.29 is 4.79 Å². The van der Waals surface area contributed by atoms with Crippen LogP contribution < -0.4 is 5.73 Å². The van der Waals surface area contributed by atoms with Crippen molar-refractivity contribution in [1.82, 2.24) is 4.98 Å². The van der Waals surface area contributed by atoms with Crippen molar-refractivity contribution in [2.75, 3.05) is 0 Å². The molecule has 2 aromatic carbocycles. The Morgan fingerprint density at radius 3 is 2.50 bits per heavy atom. The van der Waals surface area contributed by atoms with Gasteiger partial charge in [0.25, 0.3) is 0 Å². The molecule has 3 heteroatoms. The van der Waals surface area contributed by atoms with E-state index in [1.807, 2.05) is 54.6 Å². The van der Waals surface area contributed by atoms with Crippen molar-refractivity contribution in [2.24, 2.45) is 5.73 Å². The van der Waals surface area contributed by atoms with Gasteiger partial charge in [0.15, 0.2) is 5.78 Å². The predicted molar refractivity (Wildman–Crippen MR) is 79.5 cm³/mol. The van der Waals surface area contributed by atoms with Gasteiger partial charge in [-0.1, -0.05) is 30.3 Å². The standard InChI is InChI=1S/C17H14N2O/c18-11-12-3-5-13(6-4-12)17(20)15-7-8-16-14(10-15)2-1-9-19-16/h1-10H,11,18H2. The van der Waals surface area contributed by atoms with Gasteiger partial charge in [0.05, 0.1) is 5.52 Å². The number of carbonyl (C=O) groups excluding carboxylic acids is 1. The van der Waals surface area contributed by atoms with E-state index in [4.69, 9.17) is 5.73 Å². The van der Waals surface area contributed by atoms with Crippen molar-refractivity contribution in [1.29, 1.82) is 0 Å². The molecular formula is C17H14N2O. The smallest absolute Gasteiger partial charge is 0.193 e. The maximum atomic E-state index is 12.4. The molecule has 20 heavy (non-hydrogen) atoms. The highest BCUT2D eigenvalue weighted by Gasteiger charge is 2.09. The molecule has 0 aliphatic carbocycles. The van der Waals surface area contributed by atoms with E-state index in [9.17, 15) is 4.79 Å². The lowest BCUT2D eigenvalue weighted by Crippen LogP contribution is -2.02. The van der Waals surface area contributed by atoms with E-state index in [0.717, 1.165) is 16.5 Å². The van der Waals surface area contributed by atoms with Gasteiger partial charge in [-0.05, 0) is 29.8 Å². The van der Waals surface area contributed by atoms with Crippen LogP contribution in [0, 0.1) is 0 Å². The van der Waals surface area contributed by atoms with Crippen molar-refractivity contribution in [3.8, 4) is 0 Å².